The van der Waals surface area contributed by atoms with Crippen molar-refractivity contribution in [2.75, 3.05) is 19.0 Å². The maximum atomic E-state index is 12.7. The molecular weight excluding hydrogens is 318 g/mol. The number of carbonyl (C=O) groups is 1. The lowest BCUT2D eigenvalue weighted by Crippen LogP contribution is -2.13. The summed E-state index contributed by atoms with van der Waals surface area (Å²) in [5.41, 5.74) is 1.60. The molecule has 0 bridgehead atoms. The van der Waals surface area contributed by atoms with E-state index in [4.69, 9.17) is 4.74 Å². The zero-order valence-electron chi connectivity index (χ0n) is 14.7. The van der Waals surface area contributed by atoms with Crippen LogP contribution in [0.3, 0.4) is 0 Å². The number of methoxy groups -OCH3 is 1. The van der Waals surface area contributed by atoms with Crippen LogP contribution in [0.4, 0.5) is 5.95 Å². The summed E-state index contributed by atoms with van der Waals surface area (Å²) in [6.45, 7) is 5.48. The van der Waals surface area contributed by atoms with Gasteiger partial charge in [-0.15, -0.1) is 5.10 Å². The number of para-hydroxylation sites is 1. The smallest absolute Gasteiger partial charge is 0.260 e. The highest BCUT2D eigenvalue weighted by Gasteiger charge is 2.16. The van der Waals surface area contributed by atoms with Crippen LogP contribution in [0.25, 0.3) is 10.9 Å². The second-order valence-electron chi connectivity index (χ2n) is 6.40. The van der Waals surface area contributed by atoms with Crippen molar-refractivity contribution in [1.29, 1.82) is 0 Å². The lowest BCUT2D eigenvalue weighted by Gasteiger charge is -2.03. The molecule has 0 aliphatic rings. The number of nitrogens with zero attached hydrogens (tertiary/aromatic N) is 3. The highest BCUT2D eigenvalue weighted by molar-refractivity contribution is 6.12. The fourth-order valence-electron chi connectivity index (χ4n) is 2.80. The van der Waals surface area contributed by atoms with Crippen LogP contribution in [0.5, 0.6) is 0 Å². The van der Waals surface area contributed by atoms with Gasteiger partial charge in [-0.05, 0) is 12.0 Å². The number of ether oxygens (including phenoxy) is 1. The lowest BCUT2D eigenvalue weighted by atomic mass is 10.1. The van der Waals surface area contributed by atoms with E-state index in [1.807, 2.05) is 35.0 Å². The van der Waals surface area contributed by atoms with Gasteiger partial charge in [-0.3, -0.25) is 15.2 Å². The van der Waals surface area contributed by atoms with Gasteiger partial charge in [0.2, 0.25) is 5.95 Å². The number of carbonyl (C=O) groups excluding carboxylic acids is 1. The van der Waals surface area contributed by atoms with Crippen molar-refractivity contribution in [3.05, 3.63) is 41.9 Å². The van der Waals surface area contributed by atoms with E-state index in [9.17, 15) is 4.79 Å². The fourth-order valence-corrected chi connectivity index (χ4v) is 2.80. The van der Waals surface area contributed by atoms with E-state index < -0.39 is 0 Å². The number of hydrogen-bond acceptors (Lipinski definition) is 4. The summed E-state index contributed by atoms with van der Waals surface area (Å²) in [5, 5.41) is 10.6. The molecule has 0 saturated carbocycles. The molecule has 2 heterocycles. The van der Waals surface area contributed by atoms with Crippen molar-refractivity contribution in [3.8, 4) is 0 Å². The van der Waals surface area contributed by atoms with Gasteiger partial charge >= 0.3 is 0 Å². The third-order valence-electron chi connectivity index (χ3n) is 3.93. The Morgan fingerprint density at radius 1 is 1.36 bits per heavy atom. The molecule has 0 aliphatic heterocycles. The minimum absolute atomic E-state index is 0.220. The molecule has 7 nitrogen and oxygen atoms in total. The molecule has 0 atom stereocenters. The summed E-state index contributed by atoms with van der Waals surface area (Å²) in [4.78, 5) is 17.0. The summed E-state index contributed by atoms with van der Waals surface area (Å²) < 4.78 is 7.17. The van der Waals surface area contributed by atoms with Gasteiger partial charge in [0, 0.05) is 37.2 Å². The molecule has 132 valence electrons. The van der Waals surface area contributed by atoms with Crippen LogP contribution in [0.15, 0.2) is 30.5 Å². The van der Waals surface area contributed by atoms with Crippen LogP contribution in [-0.4, -0.2) is 39.4 Å². The number of amides is 1. The molecule has 0 radical (unpaired) electrons. The summed E-state index contributed by atoms with van der Waals surface area (Å²) in [5.74, 6) is 1.32. The Balaban J connectivity index is 1.83. The van der Waals surface area contributed by atoms with E-state index in [0.717, 1.165) is 23.1 Å². The number of fused-ring (bicyclic) bond motifs is 1. The van der Waals surface area contributed by atoms with Crippen molar-refractivity contribution in [2.45, 2.75) is 26.8 Å². The second-order valence-corrected chi connectivity index (χ2v) is 6.40. The van der Waals surface area contributed by atoms with E-state index >= 15 is 0 Å². The average molecular weight is 341 g/mol. The van der Waals surface area contributed by atoms with Gasteiger partial charge < -0.3 is 9.30 Å². The van der Waals surface area contributed by atoms with Crippen molar-refractivity contribution < 1.29 is 9.53 Å². The molecule has 7 heteroatoms. The molecule has 0 aliphatic carbocycles. The quantitative estimate of drug-likeness (QED) is 0.692. The molecule has 2 N–H and O–H groups in total. The number of H-pyrrole nitrogens is 1. The first-order valence-corrected chi connectivity index (χ1v) is 8.38. The molecule has 0 fully saturated rings. The van der Waals surface area contributed by atoms with E-state index in [2.05, 4.69) is 34.3 Å². The predicted octanol–water partition coefficient (Wildman–Crippen LogP) is 2.86. The first-order chi connectivity index (χ1) is 12.1. The number of benzene rings is 1. The molecular formula is C18H23N5O2. The monoisotopic (exact) mass is 341 g/mol. The fraction of sp³-hybridized carbons (Fsp3) is 0.389. The molecule has 1 aromatic carbocycles. The zero-order chi connectivity index (χ0) is 17.8. The van der Waals surface area contributed by atoms with Crippen LogP contribution < -0.4 is 5.32 Å². The van der Waals surface area contributed by atoms with E-state index in [-0.39, 0.29) is 5.91 Å². The topological polar surface area (TPSA) is 84.8 Å². The number of aromatic nitrogens is 4. The Hall–Kier alpha value is -2.67. The normalized spacial score (nSPS) is 11.4. The minimum Gasteiger partial charge on any atom is -0.383 e. The van der Waals surface area contributed by atoms with E-state index in [0.29, 0.717) is 30.6 Å². The van der Waals surface area contributed by atoms with Crippen molar-refractivity contribution in [1.82, 2.24) is 19.7 Å². The molecule has 0 unspecified atom stereocenters. The Kier molecular flexibility index (Phi) is 5.14. The van der Waals surface area contributed by atoms with E-state index in [1.54, 1.807) is 7.11 Å². The van der Waals surface area contributed by atoms with Crippen LogP contribution in [0, 0.1) is 5.92 Å². The van der Waals surface area contributed by atoms with Gasteiger partial charge in [0.1, 0.15) is 5.82 Å². The lowest BCUT2D eigenvalue weighted by molar-refractivity contribution is 0.102. The third-order valence-corrected chi connectivity index (χ3v) is 3.93. The van der Waals surface area contributed by atoms with Crippen molar-refractivity contribution in [2.24, 2.45) is 5.92 Å². The number of aromatic amines is 1. The minimum atomic E-state index is -0.220. The van der Waals surface area contributed by atoms with Crippen LogP contribution >= 0.6 is 0 Å². The standard InChI is InChI=1S/C18H23N5O2/c1-12(2)10-16-19-18(22-21-16)20-17(24)14-11-23(8-9-25-3)15-7-5-4-6-13(14)15/h4-7,11-12H,8-10H2,1-3H3,(H2,19,20,21,22,24). The molecule has 1 amide bonds. The van der Waals surface area contributed by atoms with Crippen LogP contribution in [0.2, 0.25) is 0 Å². The van der Waals surface area contributed by atoms with Gasteiger partial charge in [0.25, 0.3) is 5.91 Å². The zero-order valence-corrected chi connectivity index (χ0v) is 14.7. The summed E-state index contributed by atoms with van der Waals surface area (Å²) in [6.07, 6.45) is 2.64. The van der Waals surface area contributed by atoms with Gasteiger partial charge in [-0.1, -0.05) is 32.0 Å². The van der Waals surface area contributed by atoms with Crippen molar-refractivity contribution in [3.63, 3.8) is 0 Å². The second kappa shape index (κ2) is 7.48. The van der Waals surface area contributed by atoms with Crippen LogP contribution in [-0.2, 0) is 17.7 Å². The van der Waals surface area contributed by atoms with Gasteiger partial charge in [0.15, 0.2) is 0 Å². The largest absolute Gasteiger partial charge is 0.383 e. The summed E-state index contributed by atoms with van der Waals surface area (Å²) >= 11 is 0. The number of anilines is 1. The number of nitrogens with one attached hydrogen (secondary N) is 2. The Morgan fingerprint density at radius 3 is 2.92 bits per heavy atom. The maximum Gasteiger partial charge on any atom is 0.260 e. The van der Waals surface area contributed by atoms with Gasteiger partial charge in [0.05, 0.1) is 12.2 Å². The van der Waals surface area contributed by atoms with Gasteiger partial charge in [-0.25, -0.2) is 0 Å². The first kappa shape index (κ1) is 17.2. The molecule has 2 aromatic heterocycles. The third kappa shape index (κ3) is 3.88. The van der Waals surface area contributed by atoms with Gasteiger partial charge in [-0.2, -0.15) is 4.98 Å². The molecule has 0 saturated heterocycles. The van der Waals surface area contributed by atoms with Crippen LogP contribution in [0.1, 0.15) is 30.0 Å². The molecule has 0 spiro atoms. The Morgan fingerprint density at radius 2 is 2.16 bits per heavy atom. The number of hydrogen-bond donors (Lipinski definition) is 2. The summed E-state index contributed by atoms with van der Waals surface area (Å²) in [6, 6.07) is 7.82. The number of rotatable bonds is 7. The highest BCUT2D eigenvalue weighted by atomic mass is 16.5. The Bertz CT molecular complexity index is 865. The molecule has 25 heavy (non-hydrogen) atoms. The molecule has 3 rings (SSSR count). The van der Waals surface area contributed by atoms with Crippen molar-refractivity contribution >= 4 is 22.8 Å². The highest BCUT2D eigenvalue weighted by Crippen LogP contribution is 2.22. The summed E-state index contributed by atoms with van der Waals surface area (Å²) in [7, 11) is 1.66. The predicted molar refractivity (Wildman–Crippen MR) is 96.7 cm³/mol. The maximum absolute atomic E-state index is 12.7. The first-order valence-electron chi connectivity index (χ1n) is 8.38. The average Bonchev–Trinajstić information content (AvgIpc) is 3.17. The SMILES string of the molecule is COCCn1cc(C(=O)Nc2n[nH]c(CC(C)C)n2)c2ccccc21. The molecule has 3 aromatic rings. The Labute approximate surface area is 146 Å². The van der Waals surface area contributed by atoms with E-state index in [1.165, 1.54) is 0 Å².